The molecule has 0 bridgehead atoms. The van der Waals surface area contributed by atoms with Crippen molar-refractivity contribution in [1.82, 2.24) is 4.90 Å². The lowest BCUT2D eigenvalue weighted by Gasteiger charge is -2.30. The molecule has 156 valence electrons. The summed E-state index contributed by atoms with van der Waals surface area (Å²) in [6.07, 6.45) is 2.57. The number of hydrogen-bond acceptors (Lipinski definition) is 4. The van der Waals surface area contributed by atoms with Gasteiger partial charge in [0.1, 0.15) is 24.0 Å². The van der Waals surface area contributed by atoms with Crippen LogP contribution >= 0.6 is 0 Å². The number of carbonyl (C=O) groups excluding carboxylic acids is 1. The summed E-state index contributed by atoms with van der Waals surface area (Å²) in [7, 11) is 0. The molecule has 3 aromatic carbocycles. The van der Waals surface area contributed by atoms with Gasteiger partial charge in [-0.1, -0.05) is 42.5 Å². The summed E-state index contributed by atoms with van der Waals surface area (Å²) < 4.78 is 25.1. The highest BCUT2D eigenvalue weighted by Gasteiger charge is 2.33. The van der Waals surface area contributed by atoms with Crippen LogP contribution in [0.15, 0.2) is 66.4 Å². The minimum absolute atomic E-state index is 0.104. The monoisotopic (exact) mass is 415 g/mol. The molecule has 5 heteroatoms. The number of nitrogens with zero attached hydrogens (tertiary/aromatic N) is 1. The number of ketones is 1. The maximum Gasteiger partial charge on any atom is 0.231 e. The Labute approximate surface area is 180 Å². The zero-order chi connectivity index (χ0) is 21.4. The van der Waals surface area contributed by atoms with Crippen molar-refractivity contribution in [2.75, 3.05) is 13.3 Å². The second kappa shape index (κ2) is 8.00. The third-order valence-electron chi connectivity index (χ3n) is 5.73. The van der Waals surface area contributed by atoms with Crippen LogP contribution in [0.5, 0.6) is 11.5 Å². The maximum atomic E-state index is 13.1. The van der Waals surface area contributed by atoms with Crippen LogP contribution in [0, 0.1) is 12.7 Å². The van der Waals surface area contributed by atoms with E-state index in [1.165, 1.54) is 12.1 Å². The van der Waals surface area contributed by atoms with Gasteiger partial charge in [-0.25, -0.2) is 4.39 Å². The average Bonchev–Trinajstić information content (AvgIpc) is 3.10. The molecule has 0 atom stereocenters. The van der Waals surface area contributed by atoms with E-state index in [-0.39, 0.29) is 11.6 Å². The fraction of sp³-hybridized carbons (Fsp3) is 0.192. The molecule has 2 aliphatic heterocycles. The van der Waals surface area contributed by atoms with Gasteiger partial charge < -0.3 is 9.47 Å². The Kier molecular flexibility index (Phi) is 5.04. The molecule has 2 aliphatic rings. The van der Waals surface area contributed by atoms with E-state index in [9.17, 15) is 9.18 Å². The van der Waals surface area contributed by atoms with E-state index in [4.69, 9.17) is 9.47 Å². The van der Waals surface area contributed by atoms with E-state index in [1.54, 1.807) is 6.08 Å². The van der Waals surface area contributed by atoms with Gasteiger partial charge in [0.15, 0.2) is 5.76 Å². The molecular weight excluding hydrogens is 393 g/mol. The molecular formula is C26H22FNO3. The molecule has 0 unspecified atom stereocenters. The lowest BCUT2D eigenvalue weighted by Crippen LogP contribution is -2.34. The highest BCUT2D eigenvalue weighted by Crippen LogP contribution is 2.43. The molecule has 0 radical (unpaired) electrons. The Hall–Kier alpha value is -3.44. The molecule has 0 saturated heterocycles. The fourth-order valence-electron chi connectivity index (χ4n) is 4.08. The van der Waals surface area contributed by atoms with Gasteiger partial charge in [0, 0.05) is 24.2 Å². The minimum atomic E-state index is -0.226. The van der Waals surface area contributed by atoms with Gasteiger partial charge >= 0.3 is 0 Å². The van der Waals surface area contributed by atoms with Gasteiger partial charge in [0.2, 0.25) is 5.78 Å². The number of halogens is 1. The van der Waals surface area contributed by atoms with Crippen LogP contribution in [-0.4, -0.2) is 24.0 Å². The van der Waals surface area contributed by atoms with Crippen molar-refractivity contribution in [3.05, 3.63) is 100 Å². The molecule has 4 nitrogen and oxygen atoms in total. The molecule has 5 rings (SSSR count). The normalized spacial score (nSPS) is 16.6. The first kappa shape index (κ1) is 19.5. The number of hydrogen-bond donors (Lipinski definition) is 0. The van der Waals surface area contributed by atoms with E-state index >= 15 is 0 Å². The Balaban J connectivity index is 1.35. The number of carbonyl (C=O) groups is 1. The number of fused-ring (bicyclic) bond motifs is 2. The summed E-state index contributed by atoms with van der Waals surface area (Å²) >= 11 is 0. The number of allylic oxidation sites excluding steroid dienone is 1. The van der Waals surface area contributed by atoms with Crippen molar-refractivity contribution in [3.63, 3.8) is 0 Å². The van der Waals surface area contributed by atoms with Crippen molar-refractivity contribution >= 4 is 11.9 Å². The molecule has 0 N–H and O–H groups in total. The number of rotatable bonds is 4. The van der Waals surface area contributed by atoms with E-state index in [0.29, 0.717) is 30.3 Å². The average molecular weight is 415 g/mol. The molecule has 2 heterocycles. The Morgan fingerprint density at radius 1 is 1.06 bits per heavy atom. The smallest absolute Gasteiger partial charge is 0.231 e. The first-order chi connectivity index (χ1) is 15.1. The van der Waals surface area contributed by atoms with Gasteiger partial charge in [-0.2, -0.15) is 0 Å². The summed E-state index contributed by atoms with van der Waals surface area (Å²) in [5.74, 6) is 1.39. The fourth-order valence-corrected chi connectivity index (χ4v) is 4.08. The minimum Gasteiger partial charge on any atom is -0.477 e. The van der Waals surface area contributed by atoms with Gasteiger partial charge in [-0.3, -0.25) is 9.69 Å². The zero-order valence-corrected chi connectivity index (χ0v) is 17.2. The predicted molar refractivity (Wildman–Crippen MR) is 117 cm³/mol. The van der Waals surface area contributed by atoms with Crippen LogP contribution < -0.4 is 9.47 Å². The topological polar surface area (TPSA) is 38.8 Å². The molecule has 0 saturated carbocycles. The van der Waals surface area contributed by atoms with Gasteiger partial charge in [-0.15, -0.1) is 0 Å². The molecule has 0 spiro atoms. The van der Waals surface area contributed by atoms with E-state index in [2.05, 4.69) is 4.90 Å². The predicted octanol–water partition coefficient (Wildman–Crippen LogP) is 5.14. The van der Waals surface area contributed by atoms with Crippen LogP contribution in [-0.2, 0) is 13.0 Å². The quantitative estimate of drug-likeness (QED) is 0.553. The van der Waals surface area contributed by atoms with Crippen LogP contribution in [0.3, 0.4) is 0 Å². The van der Waals surface area contributed by atoms with Gasteiger partial charge in [0.25, 0.3) is 0 Å². The Morgan fingerprint density at radius 3 is 2.61 bits per heavy atom. The number of Topliss-reactive ketones (excluding diaryl/α,β-unsaturated/α-hetero) is 1. The standard InChI is InChI=1S/C26H22FNO3/c1-17-25-20(15-28(16-30-25)12-11-18-7-9-21(27)10-8-18)14-22-24(29)23(31-26(17)22)13-19-5-3-2-4-6-19/h2-10,13-14H,11-12,15-16H2,1H3/b23-13-. The van der Waals surface area contributed by atoms with Crippen molar-refractivity contribution < 1.29 is 18.7 Å². The second-order valence-corrected chi connectivity index (χ2v) is 7.92. The zero-order valence-electron chi connectivity index (χ0n) is 17.2. The molecule has 31 heavy (non-hydrogen) atoms. The van der Waals surface area contributed by atoms with Crippen LogP contribution in [0.1, 0.15) is 32.6 Å². The van der Waals surface area contributed by atoms with Gasteiger partial charge in [-0.05, 0) is 48.7 Å². The lowest BCUT2D eigenvalue weighted by atomic mass is 10.00. The molecule has 0 aliphatic carbocycles. The molecule has 0 amide bonds. The molecule has 0 aromatic heterocycles. The second-order valence-electron chi connectivity index (χ2n) is 7.92. The highest BCUT2D eigenvalue weighted by molar-refractivity contribution is 6.15. The van der Waals surface area contributed by atoms with E-state index < -0.39 is 0 Å². The summed E-state index contributed by atoms with van der Waals surface area (Å²) in [5.41, 5.74) is 4.43. The Morgan fingerprint density at radius 2 is 1.84 bits per heavy atom. The molecule has 0 fully saturated rings. The SMILES string of the molecule is Cc1c2c(cc3c1O/C(=C\c1ccccc1)C3=O)CN(CCc1ccc(F)cc1)CO2. The summed E-state index contributed by atoms with van der Waals surface area (Å²) in [4.78, 5) is 15.2. The first-order valence-electron chi connectivity index (χ1n) is 10.3. The summed E-state index contributed by atoms with van der Waals surface area (Å²) in [5, 5.41) is 0. The van der Waals surface area contributed by atoms with Crippen molar-refractivity contribution in [2.24, 2.45) is 0 Å². The van der Waals surface area contributed by atoms with Crippen molar-refractivity contribution in [2.45, 2.75) is 19.9 Å². The molecule has 3 aromatic rings. The third kappa shape index (κ3) is 3.84. The lowest BCUT2D eigenvalue weighted by molar-refractivity contribution is 0.0954. The Bertz CT molecular complexity index is 1170. The van der Waals surface area contributed by atoms with Crippen LogP contribution in [0.4, 0.5) is 4.39 Å². The van der Waals surface area contributed by atoms with Crippen LogP contribution in [0.25, 0.3) is 6.08 Å². The highest BCUT2D eigenvalue weighted by atomic mass is 19.1. The summed E-state index contributed by atoms with van der Waals surface area (Å²) in [6, 6.07) is 18.1. The number of ether oxygens (including phenoxy) is 2. The van der Waals surface area contributed by atoms with E-state index in [1.807, 2.05) is 55.5 Å². The van der Waals surface area contributed by atoms with Crippen LogP contribution in [0.2, 0.25) is 0 Å². The summed E-state index contributed by atoms with van der Waals surface area (Å²) in [6.45, 7) is 3.87. The van der Waals surface area contributed by atoms with Gasteiger partial charge in [0.05, 0.1) is 5.56 Å². The van der Waals surface area contributed by atoms with Crippen molar-refractivity contribution in [1.29, 1.82) is 0 Å². The maximum absolute atomic E-state index is 13.1. The van der Waals surface area contributed by atoms with Crippen molar-refractivity contribution in [3.8, 4) is 11.5 Å². The largest absolute Gasteiger partial charge is 0.477 e. The third-order valence-corrected chi connectivity index (χ3v) is 5.73. The number of benzene rings is 3. The van der Waals surface area contributed by atoms with E-state index in [0.717, 1.165) is 41.0 Å². The first-order valence-corrected chi connectivity index (χ1v) is 10.3.